The fourth-order valence-corrected chi connectivity index (χ4v) is 5.06. The average molecular weight is 529 g/mol. The van der Waals surface area contributed by atoms with Crippen LogP contribution in [0.2, 0.25) is 0 Å². The van der Waals surface area contributed by atoms with Gasteiger partial charge in [-0.2, -0.15) is 9.97 Å². The van der Waals surface area contributed by atoms with E-state index in [1.165, 1.54) is 21.3 Å². The van der Waals surface area contributed by atoms with Crippen molar-refractivity contribution in [1.29, 1.82) is 0 Å². The van der Waals surface area contributed by atoms with E-state index in [0.29, 0.717) is 24.6 Å². The maximum Gasteiger partial charge on any atom is 0.227 e. The minimum absolute atomic E-state index is 0.322. The molecule has 5 rings (SSSR count). The first-order valence-electron chi connectivity index (χ1n) is 11.1. The zero-order valence-electron chi connectivity index (χ0n) is 17.5. The van der Waals surface area contributed by atoms with Gasteiger partial charge in [-0.25, -0.2) is 4.98 Å². The van der Waals surface area contributed by atoms with Gasteiger partial charge in [-0.15, -0.1) is 0 Å². The minimum atomic E-state index is 0.322. The van der Waals surface area contributed by atoms with Crippen LogP contribution in [0.3, 0.4) is 0 Å². The van der Waals surface area contributed by atoms with Crippen molar-refractivity contribution < 1.29 is 0 Å². The Morgan fingerprint density at radius 1 is 1.16 bits per heavy atom. The number of rotatable bonds is 6. The van der Waals surface area contributed by atoms with E-state index in [9.17, 15) is 0 Å². The molecular formula is C23H28IN7. The van der Waals surface area contributed by atoms with Gasteiger partial charge in [-0.05, 0) is 85.2 Å². The molecule has 2 heterocycles. The third kappa shape index (κ3) is 4.69. The van der Waals surface area contributed by atoms with Crippen molar-refractivity contribution in [1.82, 2.24) is 19.5 Å². The van der Waals surface area contributed by atoms with Gasteiger partial charge in [-0.1, -0.05) is 18.2 Å². The molecular weight excluding hydrogens is 501 g/mol. The fourth-order valence-electron chi connectivity index (χ4n) is 4.45. The Balaban J connectivity index is 1.46. The van der Waals surface area contributed by atoms with Crippen LogP contribution >= 0.6 is 22.6 Å². The predicted octanol–water partition coefficient (Wildman–Crippen LogP) is 4.75. The second kappa shape index (κ2) is 9.12. The molecule has 8 heteroatoms. The molecule has 0 aliphatic heterocycles. The van der Waals surface area contributed by atoms with Gasteiger partial charge in [0.1, 0.15) is 6.33 Å². The van der Waals surface area contributed by atoms with Crippen molar-refractivity contribution in [3.63, 3.8) is 0 Å². The van der Waals surface area contributed by atoms with E-state index in [4.69, 9.17) is 15.7 Å². The SMILES string of the molecule is N[C@H]1CC[C@H](Nc2nc(NCc3cccc(I)c3)c3ncn(C4=CCCC4)c3n2)CC1. The van der Waals surface area contributed by atoms with Gasteiger partial charge < -0.3 is 16.4 Å². The number of nitrogens with zero attached hydrogens (tertiary/aromatic N) is 4. The van der Waals surface area contributed by atoms with Crippen LogP contribution in [-0.2, 0) is 6.54 Å². The smallest absolute Gasteiger partial charge is 0.227 e. The number of anilines is 2. The molecule has 0 saturated heterocycles. The second-order valence-corrected chi connectivity index (χ2v) is 9.76. The van der Waals surface area contributed by atoms with Crippen molar-refractivity contribution in [2.24, 2.45) is 5.73 Å². The van der Waals surface area contributed by atoms with Gasteiger partial charge in [0, 0.05) is 27.9 Å². The highest BCUT2D eigenvalue weighted by Gasteiger charge is 2.21. The monoisotopic (exact) mass is 529 g/mol. The van der Waals surface area contributed by atoms with Crippen molar-refractivity contribution in [2.45, 2.75) is 63.6 Å². The van der Waals surface area contributed by atoms with E-state index >= 15 is 0 Å². The Morgan fingerprint density at radius 2 is 2.03 bits per heavy atom. The Morgan fingerprint density at radius 3 is 2.81 bits per heavy atom. The molecule has 2 aliphatic rings. The van der Waals surface area contributed by atoms with Crippen molar-refractivity contribution in [3.8, 4) is 0 Å². The Bertz CT molecular complexity index is 1100. The number of nitrogens with two attached hydrogens (primary N) is 1. The lowest BCUT2D eigenvalue weighted by Gasteiger charge is -2.26. The van der Waals surface area contributed by atoms with E-state index in [2.05, 4.69) is 73.1 Å². The van der Waals surface area contributed by atoms with E-state index in [1.54, 1.807) is 0 Å². The molecule has 0 unspecified atom stereocenters. The molecule has 1 saturated carbocycles. The van der Waals surface area contributed by atoms with Crippen molar-refractivity contribution in [2.75, 3.05) is 10.6 Å². The number of fused-ring (bicyclic) bond motifs is 1. The number of aromatic nitrogens is 4. The van der Waals surface area contributed by atoms with Crippen LogP contribution in [0, 0.1) is 3.57 Å². The molecule has 0 atom stereocenters. The van der Waals surface area contributed by atoms with E-state index in [-0.39, 0.29) is 0 Å². The second-order valence-electron chi connectivity index (χ2n) is 8.51. The lowest BCUT2D eigenvalue weighted by molar-refractivity contribution is 0.410. The maximum atomic E-state index is 6.08. The Hall–Kier alpha value is -2.20. The van der Waals surface area contributed by atoms with Crippen molar-refractivity contribution in [3.05, 3.63) is 45.8 Å². The summed E-state index contributed by atoms with van der Waals surface area (Å²) in [6.45, 7) is 0.691. The molecule has 0 spiro atoms. The molecule has 0 bridgehead atoms. The summed E-state index contributed by atoms with van der Waals surface area (Å²) in [6.07, 6.45) is 11.7. The number of halogens is 1. The van der Waals surface area contributed by atoms with E-state index in [1.807, 2.05) is 6.33 Å². The number of allylic oxidation sites excluding steroid dienone is 2. The first-order valence-corrected chi connectivity index (χ1v) is 12.2. The highest BCUT2D eigenvalue weighted by atomic mass is 127. The van der Waals surface area contributed by atoms with Gasteiger partial charge >= 0.3 is 0 Å². The number of nitrogens with one attached hydrogen (secondary N) is 2. The topological polar surface area (TPSA) is 93.7 Å². The Labute approximate surface area is 196 Å². The number of imidazole rings is 1. The van der Waals surface area contributed by atoms with E-state index in [0.717, 1.165) is 55.5 Å². The Kier molecular flexibility index (Phi) is 6.08. The molecule has 7 nitrogen and oxygen atoms in total. The van der Waals surface area contributed by atoms with Crippen LogP contribution in [0.4, 0.5) is 11.8 Å². The summed E-state index contributed by atoms with van der Waals surface area (Å²) in [5.74, 6) is 1.44. The molecule has 0 radical (unpaired) electrons. The molecule has 3 aromatic rings. The third-order valence-corrected chi connectivity index (χ3v) is 6.85. The molecule has 1 fully saturated rings. The summed E-state index contributed by atoms with van der Waals surface area (Å²) in [5.41, 5.74) is 10.3. The zero-order chi connectivity index (χ0) is 21.2. The zero-order valence-corrected chi connectivity index (χ0v) is 19.7. The molecule has 162 valence electrons. The molecule has 2 aromatic heterocycles. The standard InChI is InChI=1S/C23H28IN7/c24-16-5-3-4-15(12-16)13-26-21-20-22(31(14-27-20)19-6-1-2-7-19)30-23(29-21)28-18-10-8-17(25)9-11-18/h3-6,12,14,17-18H,1-2,7-11,13,25H2,(H2,26,28,29,30)/t17-,18-. The number of hydrogen-bond acceptors (Lipinski definition) is 6. The fraction of sp³-hybridized carbons (Fsp3) is 0.435. The highest BCUT2D eigenvalue weighted by Crippen LogP contribution is 2.29. The average Bonchev–Trinajstić information content (AvgIpc) is 3.43. The summed E-state index contributed by atoms with van der Waals surface area (Å²) in [5, 5.41) is 7.08. The van der Waals surface area contributed by atoms with Crippen LogP contribution in [0.1, 0.15) is 50.5 Å². The molecule has 31 heavy (non-hydrogen) atoms. The molecule has 2 aliphatic carbocycles. The molecule has 1 aromatic carbocycles. The first-order chi connectivity index (χ1) is 15.2. The van der Waals surface area contributed by atoms with Gasteiger partial charge in [0.2, 0.25) is 5.95 Å². The molecule has 4 N–H and O–H groups in total. The van der Waals surface area contributed by atoms with Gasteiger partial charge in [0.25, 0.3) is 0 Å². The third-order valence-electron chi connectivity index (χ3n) is 6.18. The summed E-state index contributed by atoms with van der Waals surface area (Å²) < 4.78 is 3.35. The molecule has 0 amide bonds. The quantitative estimate of drug-likeness (QED) is 0.399. The predicted molar refractivity (Wildman–Crippen MR) is 134 cm³/mol. The lowest BCUT2D eigenvalue weighted by atomic mass is 9.92. The number of benzene rings is 1. The van der Waals surface area contributed by atoms with Crippen LogP contribution in [-0.4, -0.2) is 31.6 Å². The summed E-state index contributed by atoms with van der Waals surface area (Å²) in [6, 6.07) is 9.17. The summed E-state index contributed by atoms with van der Waals surface area (Å²) in [7, 11) is 0. The lowest BCUT2D eigenvalue weighted by Crippen LogP contribution is -2.33. The van der Waals surface area contributed by atoms with Gasteiger partial charge in [0.05, 0.1) is 0 Å². The van der Waals surface area contributed by atoms with E-state index < -0.39 is 0 Å². The summed E-state index contributed by atoms with van der Waals surface area (Å²) in [4.78, 5) is 14.4. The van der Waals surface area contributed by atoms with Crippen LogP contribution in [0.15, 0.2) is 36.7 Å². The summed E-state index contributed by atoms with van der Waals surface area (Å²) >= 11 is 2.34. The van der Waals surface area contributed by atoms with Gasteiger partial charge in [-0.3, -0.25) is 4.57 Å². The normalized spacial score (nSPS) is 21.3. The maximum absolute atomic E-state index is 6.08. The van der Waals surface area contributed by atoms with Crippen molar-refractivity contribution >= 4 is 51.2 Å². The van der Waals surface area contributed by atoms with Crippen LogP contribution in [0.25, 0.3) is 16.9 Å². The van der Waals surface area contributed by atoms with Crippen LogP contribution in [0.5, 0.6) is 0 Å². The largest absolute Gasteiger partial charge is 0.364 e. The van der Waals surface area contributed by atoms with Gasteiger partial charge in [0.15, 0.2) is 17.0 Å². The van der Waals surface area contributed by atoms with Crippen LogP contribution < -0.4 is 16.4 Å². The number of hydrogen-bond donors (Lipinski definition) is 3. The highest BCUT2D eigenvalue weighted by molar-refractivity contribution is 14.1. The first kappa shape index (κ1) is 20.7. The minimum Gasteiger partial charge on any atom is -0.364 e.